The van der Waals surface area contributed by atoms with Gasteiger partial charge in [0, 0.05) is 0 Å². The van der Waals surface area contributed by atoms with Gasteiger partial charge in [-0.2, -0.15) is 0 Å². The number of carbonyl (C=O) groups excluding carboxylic acids is 1. The first-order valence-corrected chi connectivity index (χ1v) is 5.04. The Hall–Kier alpha value is -1.77. The zero-order valence-corrected chi connectivity index (χ0v) is 9.82. The average Bonchev–Trinajstić information content (AvgIpc) is 2.28. The third-order valence-corrected chi connectivity index (χ3v) is 2.13. The molecule has 3 heteroatoms. The molecule has 0 amide bonds. The Morgan fingerprint density at radius 3 is 2.69 bits per heavy atom. The molecule has 1 aromatic rings. The summed E-state index contributed by atoms with van der Waals surface area (Å²) in [7, 11) is 3.02. The van der Waals surface area contributed by atoms with E-state index in [9.17, 15) is 4.79 Å². The van der Waals surface area contributed by atoms with E-state index >= 15 is 0 Å². The smallest absolute Gasteiger partial charge is 0.309 e. The van der Waals surface area contributed by atoms with Crippen LogP contribution in [0.3, 0.4) is 0 Å². The van der Waals surface area contributed by atoms with Gasteiger partial charge < -0.3 is 9.47 Å². The molecule has 0 saturated carbocycles. The predicted molar refractivity (Wildman–Crippen MR) is 63.4 cm³/mol. The molecule has 0 aliphatic rings. The van der Waals surface area contributed by atoms with Crippen molar-refractivity contribution in [2.75, 3.05) is 14.2 Å². The van der Waals surface area contributed by atoms with Crippen molar-refractivity contribution >= 4 is 12.0 Å². The van der Waals surface area contributed by atoms with Gasteiger partial charge >= 0.3 is 5.97 Å². The second kappa shape index (κ2) is 5.95. The minimum atomic E-state index is -0.240. The number of aryl methyl sites for hydroxylation is 1. The van der Waals surface area contributed by atoms with Gasteiger partial charge in [0.2, 0.25) is 0 Å². The number of benzene rings is 1. The maximum atomic E-state index is 10.9. The first-order chi connectivity index (χ1) is 7.65. The average molecular weight is 220 g/mol. The number of hydrogen-bond donors (Lipinski definition) is 0. The molecule has 16 heavy (non-hydrogen) atoms. The lowest BCUT2D eigenvalue weighted by molar-refractivity contribution is -0.139. The summed E-state index contributed by atoms with van der Waals surface area (Å²) < 4.78 is 9.70. The van der Waals surface area contributed by atoms with Gasteiger partial charge in [-0.25, -0.2) is 0 Å². The van der Waals surface area contributed by atoms with Gasteiger partial charge in [-0.1, -0.05) is 18.2 Å². The van der Waals surface area contributed by atoms with Gasteiger partial charge in [0.05, 0.1) is 20.6 Å². The van der Waals surface area contributed by atoms with Crippen LogP contribution in [0.2, 0.25) is 0 Å². The van der Waals surface area contributed by atoms with E-state index in [0.29, 0.717) is 0 Å². The van der Waals surface area contributed by atoms with Crippen LogP contribution < -0.4 is 4.74 Å². The number of ether oxygens (including phenoxy) is 2. The molecule has 0 aromatic heterocycles. The van der Waals surface area contributed by atoms with Crippen molar-refractivity contribution in [3.63, 3.8) is 0 Å². The Morgan fingerprint density at radius 2 is 2.06 bits per heavy atom. The van der Waals surface area contributed by atoms with E-state index in [1.807, 2.05) is 31.2 Å². The topological polar surface area (TPSA) is 35.5 Å². The molecule has 0 aliphatic heterocycles. The fourth-order valence-electron chi connectivity index (χ4n) is 1.37. The standard InChI is InChI=1S/C13H16O3/c1-10-7-11(9-12(8-10)15-2)5-4-6-13(14)16-3/h4-5,7-9H,6H2,1-3H3. The molecule has 1 aromatic carbocycles. The Labute approximate surface area is 95.7 Å². The second-order valence-corrected chi connectivity index (χ2v) is 3.47. The highest BCUT2D eigenvalue weighted by atomic mass is 16.5. The van der Waals surface area contributed by atoms with E-state index in [1.165, 1.54) is 7.11 Å². The van der Waals surface area contributed by atoms with Crippen LogP contribution in [0.1, 0.15) is 17.5 Å². The zero-order chi connectivity index (χ0) is 12.0. The third kappa shape index (κ3) is 3.77. The van der Waals surface area contributed by atoms with Crippen molar-refractivity contribution < 1.29 is 14.3 Å². The molecule has 0 N–H and O–H groups in total. The summed E-state index contributed by atoms with van der Waals surface area (Å²) in [5.41, 5.74) is 2.14. The van der Waals surface area contributed by atoms with Crippen molar-refractivity contribution in [3.05, 3.63) is 35.4 Å². The molecule has 0 bridgehead atoms. The lowest BCUT2D eigenvalue weighted by Gasteiger charge is -2.03. The van der Waals surface area contributed by atoms with E-state index in [4.69, 9.17) is 4.74 Å². The molecule has 0 atom stereocenters. The lowest BCUT2D eigenvalue weighted by Crippen LogP contribution is -1.96. The third-order valence-electron chi connectivity index (χ3n) is 2.13. The van der Waals surface area contributed by atoms with Crippen molar-refractivity contribution in [1.29, 1.82) is 0 Å². The predicted octanol–water partition coefficient (Wildman–Crippen LogP) is 2.58. The normalized spacial score (nSPS) is 10.4. The van der Waals surface area contributed by atoms with Crippen LogP contribution in [0.25, 0.3) is 6.08 Å². The Kier molecular flexibility index (Phi) is 4.58. The Bertz CT molecular complexity index is 394. The van der Waals surface area contributed by atoms with E-state index in [0.717, 1.165) is 16.9 Å². The van der Waals surface area contributed by atoms with Crippen LogP contribution in [0.5, 0.6) is 5.75 Å². The van der Waals surface area contributed by atoms with Crippen LogP contribution >= 0.6 is 0 Å². The lowest BCUT2D eigenvalue weighted by atomic mass is 10.1. The fraction of sp³-hybridized carbons (Fsp3) is 0.308. The summed E-state index contributed by atoms with van der Waals surface area (Å²) in [5.74, 6) is 0.577. The summed E-state index contributed by atoms with van der Waals surface area (Å²) >= 11 is 0. The molecule has 1 rings (SSSR count). The quantitative estimate of drug-likeness (QED) is 0.731. The number of esters is 1. The van der Waals surface area contributed by atoms with Crippen LogP contribution in [0, 0.1) is 6.92 Å². The summed E-state index contributed by atoms with van der Waals surface area (Å²) in [6, 6.07) is 5.90. The van der Waals surface area contributed by atoms with Crippen molar-refractivity contribution in [1.82, 2.24) is 0 Å². The summed E-state index contributed by atoms with van der Waals surface area (Å²) in [6.45, 7) is 2.00. The zero-order valence-electron chi connectivity index (χ0n) is 9.82. The molecular weight excluding hydrogens is 204 g/mol. The number of rotatable bonds is 4. The van der Waals surface area contributed by atoms with Crippen molar-refractivity contribution in [2.24, 2.45) is 0 Å². The largest absolute Gasteiger partial charge is 0.497 e. The molecule has 0 spiro atoms. The highest BCUT2D eigenvalue weighted by Gasteiger charge is 1.97. The summed E-state index contributed by atoms with van der Waals surface area (Å²) in [4.78, 5) is 10.9. The maximum Gasteiger partial charge on any atom is 0.309 e. The van der Waals surface area contributed by atoms with Gasteiger partial charge in [-0.15, -0.1) is 0 Å². The van der Waals surface area contributed by atoms with Gasteiger partial charge in [0.25, 0.3) is 0 Å². The first kappa shape index (κ1) is 12.3. The second-order valence-electron chi connectivity index (χ2n) is 3.47. The van der Waals surface area contributed by atoms with Gasteiger partial charge in [-0.05, 0) is 30.2 Å². The summed E-state index contributed by atoms with van der Waals surface area (Å²) in [6.07, 6.45) is 3.94. The van der Waals surface area contributed by atoms with E-state index in [2.05, 4.69) is 4.74 Å². The van der Waals surface area contributed by atoms with Crippen LogP contribution in [0.4, 0.5) is 0 Å². The van der Waals surface area contributed by atoms with E-state index in [-0.39, 0.29) is 12.4 Å². The van der Waals surface area contributed by atoms with E-state index in [1.54, 1.807) is 13.2 Å². The first-order valence-electron chi connectivity index (χ1n) is 5.04. The van der Waals surface area contributed by atoms with E-state index < -0.39 is 0 Å². The SMILES string of the molecule is COC(=O)CC=Cc1cc(C)cc(OC)c1. The van der Waals surface area contributed by atoms with Gasteiger partial charge in [0.1, 0.15) is 5.75 Å². The fourth-order valence-corrected chi connectivity index (χ4v) is 1.37. The number of carbonyl (C=O) groups is 1. The monoisotopic (exact) mass is 220 g/mol. The molecule has 0 unspecified atom stereocenters. The molecule has 0 saturated heterocycles. The Balaban J connectivity index is 2.73. The maximum absolute atomic E-state index is 10.9. The molecule has 86 valence electrons. The van der Waals surface area contributed by atoms with Gasteiger partial charge in [0.15, 0.2) is 0 Å². The van der Waals surface area contributed by atoms with Crippen molar-refractivity contribution in [2.45, 2.75) is 13.3 Å². The molecule has 0 heterocycles. The Morgan fingerprint density at radius 1 is 1.31 bits per heavy atom. The van der Waals surface area contributed by atoms with Gasteiger partial charge in [-0.3, -0.25) is 4.79 Å². The molecule has 0 aliphatic carbocycles. The van der Waals surface area contributed by atoms with Crippen LogP contribution in [-0.2, 0) is 9.53 Å². The van der Waals surface area contributed by atoms with Crippen LogP contribution in [-0.4, -0.2) is 20.2 Å². The minimum absolute atomic E-state index is 0.240. The highest BCUT2D eigenvalue weighted by molar-refractivity contribution is 5.72. The molecule has 3 nitrogen and oxygen atoms in total. The number of methoxy groups -OCH3 is 2. The molecular formula is C13H16O3. The van der Waals surface area contributed by atoms with Crippen molar-refractivity contribution in [3.8, 4) is 5.75 Å². The summed E-state index contributed by atoms with van der Waals surface area (Å²) in [5, 5.41) is 0. The molecule has 0 radical (unpaired) electrons. The number of hydrogen-bond acceptors (Lipinski definition) is 3. The minimum Gasteiger partial charge on any atom is -0.497 e. The van der Waals surface area contributed by atoms with Crippen LogP contribution in [0.15, 0.2) is 24.3 Å². The highest BCUT2D eigenvalue weighted by Crippen LogP contribution is 2.17. The molecule has 0 fully saturated rings.